The summed E-state index contributed by atoms with van der Waals surface area (Å²) >= 11 is 7.19. The molecular formula is C22H21ClN4O4S. The molecule has 1 atom stereocenters. The standard InChI is InChI=1S/C22H21ClN4O4S/c1-12(2)18(21(29)30)27-19(28)20-24-11-17(32-20)13-7-9-14(10-8-13)25-22(31)26-16-6-4-3-5-15(16)23/h3-12,18H,1-2H3,(H,27,28)(H,29,30)(H2,25,26,31)/t18-/m1/s1. The number of rotatable bonds is 7. The van der Waals surface area contributed by atoms with Crippen molar-refractivity contribution in [2.45, 2.75) is 19.9 Å². The van der Waals surface area contributed by atoms with E-state index < -0.39 is 23.9 Å². The molecule has 8 nitrogen and oxygen atoms in total. The van der Waals surface area contributed by atoms with Gasteiger partial charge in [0.05, 0.1) is 15.6 Å². The van der Waals surface area contributed by atoms with Crippen LogP contribution in [0.5, 0.6) is 0 Å². The summed E-state index contributed by atoms with van der Waals surface area (Å²) in [5.41, 5.74) is 1.88. The molecule has 0 radical (unpaired) electrons. The van der Waals surface area contributed by atoms with Crippen LogP contribution in [0.3, 0.4) is 0 Å². The number of aromatic nitrogens is 1. The minimum Gasteiger partial charge on any atom is -0.480 e. The van der Waals surface area contributed by atoms with E-state index in [9.17, 15) is 19.5 Å². The number of carbonyl (C=O) groups is 3. The van der Waals surface area contributed by atoms with Crippen molar-refractivity contribution < 1.29 is 19.5 Å². The number of aliphatic carboxylic acids is 1. The monoisotopic (exact) mass is 472 g/mol. The van der Waals surface area contributed by atoms with E-state index in [-0.39, 0.29) is 10.9 Å². The molecule has 0 aliphatic carbocycles. The molecule has 0 fully saturated rings. The van der Waals surface area contributed by atoms with Crippen LogP contribution in [0.1, 0.15) is 23.6 Å². The lowest BCUT2D eigenvalue weighted by molar-refractivity contribution is -0.140. The Morgan fingerprint density at radius 2 is 1.72 bits per heavy atom. The van der Waals surface area contributed by atoms with Crippen LogP contribution in [-0.2, 0) is 4.79 Å². The average Bonchev–Trinajstić information content (AvgIpc) is 3.24. The van der Waals surface area contributed by atoms with E-state index in [2.05, 4.69) is 20.9 Å². The summed E-state index contributed by atoms with van der Waals surface area (Å²) < 4.78 is 0. The predicted molar refractivity (Wildman–Crippen MR) is 125 cm³/mol. The summed E-state index contributed by atoms with van der Waals surface area (Å²) in [5.74, 6) is -1.88. The Hall–Kier alpha value is -3.43. The van der Waals surface area contributed by atoms with E-state index in [1.807, 2.05) is 0 Å². The zero-order chi connectivity index (χ0) is 23.3. The number of carbonyl (C=O) groups excluding carboxylic acids is 2. The van der Waals surface area contributed by atoms with Crippen LogP contribution in [0.4, 0.5) is 16.2 Å². The first kappa shape index (κ1) is 23.2. The third-order valence-electron chi connectivity index (χ3n) is 4.47. The Morgan fingerprint density at radius 1 is 1.03 bits per heavy atom. The molecule has 3 amide bonds. The molecule has 10 heteroatoms. The first-order valence-electron chi connectivity index (χ1n) is 9.67. The Kier molecular flexibility index (Phi) is 7.45. The highest BCUT2D eigenvalue weighted by atomic mass is 35.5. The third-order valence-corrected chi connectivity index (χ3v) is 5.84. The van der Waals surface area contributed by atoms with Gasteiger partial charge in [-0.1, -0.05) is 49.7 Å². The largest absolute Gasteiger partial charge is 0.480 e. The van der Waals surface area contributed by atoms with E-state index in [4.69, 9.17) is 11.6 Å². The van der Waals surface area contributed by atoms with Gasteiger partial charge in [-0.2, -0.15) is 0 Å². The van der Waals surface area contributed by atoms with Crippen molar-refractivity contribution in [2.24, 2.45) is 5.92 Å². The van der Waals surface area contributed by atoms with E-state index in [1.54, 1.807) is 68.6 Å². The maximum absolute atomic E-state index is 12.4. The van der Waals surface area contributed by atoms with Crippen molar-refractivity contribution in [1.29, 1.82) is 0 Å². The van der Waals surface area contributed by atoms with Gasteiger partial charge in [0.1, 0.15) is 6.04 Å². The first-order valence-corrected chi connectivity index (χ1v) is 10.9. The Bertz CT molecular complexity index is 1130. The lowest BCUT2D eigenvalue weighted by Gasteiger charge is -2.16. The summed E-state index contributed by atoms with van der Waals surface area (Å²) in [6.07, 6.45) is 1.55. The van der Waals surface area contributed by atoms with Gasteiger partial charge in [-0.3, -0.25) is 4.79 Å². The molecule has 0 saturated carbocycles. The van der Waals surface area contributed by atoms with Crippen molar-refractivity contribution in [3.8, 4) is 10.4 Å². The topological polar surface area (TPSA) is 120 Å². The van der Waals surface area contributed by atoms with Crippen LogP contribution in [-0.4, -0.2) is 34.0 Å². The van der Waals surface area contributed by atoms with Crippen molar-refractivity contribution in [3.63, 3.8) is 0 Å². The number of hydrogen-bond donors (Lipinski definition) is 4. The van der Waals surface area contributed by atoms with Crippen LogP contribution < -0.4 is 16.0 Å². The van der Waals surface area contributed by atoms with Gasteiger partial charge < -0.3 is 21.1 Å². The van der Waals surface area contributed by atoms with Crippen LogP contribution in [0.2, 0.25) is 5.02 Å². The zero-order valence-corrected chi connectivity index (χ0v) is 18.8. The molecule has 2 aromatic carbocycles. The fourth-order valence-electron chi connectivity index (χ4n) is 2.79. The van der Waals surface area contributed by atoms with Crippen LogP contribution in [0.25, 0.3) is 10.4 Å². The molecule has 3 rings (SSSR count). The second-order valence-corrected chi connectivity index (χ2v) is 8.64. The number of para-hydroxylation sites is 1. The Morgan fingerprint density at radius 3 is 2.34 bits per heavy atom. The fraction of sp³-hybridized carbons (Fsp3) is 0.182. The van der Waals surface area contributed by atoms with Gasteiger partial charge in [-0.15, -0.1) is 11.3 Å². The minimum atomic E-state index is -1.09. The van der Waals surface area contributed by atoms with Crippen molar-refractivity contribution in [3.05, 3.63) is 64.8 Å². The van der Waals surface area contributed by atoms with Gasteiger partial charge in [0.25, 0.3) is 5.91 Å². The predicted octanol–water partition coefficient (Wildman–Crippen LogP) is 4.95. The number of amides is 3. The molecule has 0 saturated heterocycles. The molecular weight excluding hydrogens is 452 g/mol. The molecule has 166 valence electrons. The molecule has 0 aliphatic heterocycles. The smallest absolute Gasteiger partial charge is 0.326 e. The molecule has 4 N–H and O–H groups in total. The number of benzene rings is 2. The summed E-state index contributed by atoms with van der Waals surface area (Å²) in [7, 11) is 0. The quantitative estimate of drug-likeness (QED) is 0.388. The zero-order valence-electron chi connectivity index (χ0n) is 17.3. The van der Waals surface area contributed by atoms with E-state index in [1.165, 1.54) is 0 Å². The second kappa shape index (κ2) is 10.3. The van der Waals surface area contributed by atoms with Crippen LogP contribution >= 0.6 is 22.9 Å². The van der Waals surface area contributed by atoms with Gasteiger partial charge in [-0.05, 0) is 35.7 Å². The number of nitrogens with zero attached hydrogens (tertiary/aromatic N) is 1. The SMILES string of the molecule is CC(C)[C@@H](NC(=O)c1ncc(-c2ccc(NC(=O)Nc3ccccc3Cl)cc2)s1)C(=O)O. The van der Waals surface area contributed by atoms with Gasteiger partial charge in [-0.25, -0.2) is 14.6 Å². The highest BCUT2D eigenvalue weighted by molar-refractivity contribution is 7.17. The normalized spacial score (nSPS) is 11.6. The molecule has 0 spiro atoms. The number of anilines is 2. The number of halogens is 1. The Labute approximate surface area is 193 Å². The lowest BCUT2D eigenvalue weighted by atomic mass is 10.1. The molecule has 1 aromatic heterocycles. The summed E-state index contributed by atoms with van der Waals surface area (Å²) in [6, 6.07) is 12.5. The number of hydrogen-bond acceptors (Lipinski definition) is 5. The molecule has 0 bridgehead atoms. The van der Waals surface area contributed by atoms with Gasteiger partial charge in [0, 0.05) is 11.9 Å². The lowest BCUT2D eigenvalue weighted by Crippen LogP contribution is -2.44. The number of carboxylic acid groups (broad SMARTS) is 1. The van der Waals surface area contributed by atoms with Crippen molar-refractivity contribution in [2.75, 3.05) is 10.6 Å². The maximum Gasteiger partial charge on any atom is 0.326 e. The average molecular weight is 473 g/mol. The van der Waals surface area contributed by atoms with E-state index in [0.717, 1.165) is 21.8 Å². The van der Waals surface area contributed by atoms with E-state index in [0.29, 0.717) is 16.4 Å². The highest BCUT2D eigenvalue weighted by Crippen LogP contribution is 2.27. The van der Waals surface area contributed by atoms with Crippen molar-refractivity contribution >= 4 is 52.2 Å². The minimum absolute atomic E-state index is 0.174. The van der Waals surface area contributed by atoms with Crippen molar-refractivity contribution in [1.82, 2.24) is 10.3 Å². The molecule has 32 heavy (non-hydrogen) atoms. The molecule has 1 heterocycles. The second-order valence-electron chi connectivity index (χ2n) is 7.20. The maximum atomic E-state index is 12.4. The number of nitrogens with one attached hydrogen (secondary N) is 3. The molecule has 0 unspecified atom stereocenters. The van der Waals surface area contributed by atoms with Gasteiger partial charge in [0.15, 0.2) is 5.01 Å². The summed E-state index contributed by atoms with van der Waals surface area (Å²) in [6.45, 7) is 3.44. The number of thiazole rings is 1. The summed E-state index contributed by atoms with van der Waals surface area (Å²) in [5, 5.41) is 17.7. The third kappa shape index (κ3) is 5.83. The van der Waals surface area contributed by atoms with Gasteiger partial charge in [0.2, 0.25) is 0 Å². The van der Waals surface area contributed by atoms with E-state index >= 15 is 0 Å². The molecule has 3 aromatic rings. The van der Waals surface area contributed by atoms with Crippen LogP contribution in [0, 0.1) is 5.92 Å². The van der Waals surface area contributed by atoms with Crippen LogP contribution in [0.15, 0.2) is 54.7 Å². The molecule has 0 aliphatic rings. The summed E-state index contributed by atoms with van der Waals surface area (Å²) in [4.78, 5) is 40.7. The number of urea groups is 1. The fourth-order valence-corrected chi connectivity index (χ4v) is 3.80. The first-order chi connectivity index (χ1) is 15.2. The van der Waals surface area contributed by atoms with Gasteiger partial charge >= 0.3 is 12.0 Å². The Balaban J connectivity index is 1.63. The number of carboxylic acids is 1. The highest BCUT2D eigenvalue weighted by Gasteiger charge is 2.25.